The number of nitrogens with zero attached hydrogens (tertiary/aromatic N) is 1. The second-order valence-electron chi connectivity index (χ2n) is 5.72. The third kappa shape index (κ3) is 4.53. The lowest BCUT2D eigenvalue weighted by Crippen LogP contribution is -2.26. The summed E-state index contributed by atoms with van der Waals surface area (Å²) < 4.78 is 16.6. The Bertz CT molecular complexity index is 565. The molecule has 5 nitrogen and oxygen atoms in total. The van der Waals surface area contributed by atoms with Gasteiger partial charge in [0.1, 0.15) is 17.4 Å². The van der Waals surface area contributed by atoms with Gasteiger partial charge in [0.15, 0.2) is 11.9 Å². The standard InChI is InChI=1S/C16H20ClNO4S/c1-16(11-17)8-14(18-22-16)23-10-12-4-2-3-5-13(12)21-9-15-19-6-7-20-15/h2-5,15H,6-11H2,1H3. The number of ether oxygens (including phenoxy) is 3. The van der Waals surface area contributed by atoms with Gasteiger partial charge >= 0.3 is 0 Å². The summed E-state index contributed by atoms with van der Waals surface area (Å²) in [6, 6.07) is 7.97. The topological polar surface area (TPSA) is 49.3 Å². The Morgan fingerprint density at radius 2 is 2.13 bits per heavy atom. The second-order valence-corrected chi connectivity index (χ2v) is 7.03. The Balaban J connectivity index is 1.53. The van der Waals surface area contributed by atoms with Crippen LogP contribution in [0.3, 0.4) is 0 Å². The van der Waals surface area contributed by atoms with Gasteiger partial charge in [0, 0.05) is 17.7 Å². The summed E-state index contributed by atoms with van der Waals surface area (Å²) in [7, 11) is 0. The van der Waals surface area contributed by atoms with Gasteiger partial charge in [-0.1, -0.05) is 23.4 Å². The number of alkyl halides is 1. The maximum atomic E-state index is 5.91. The maximum absolute atomic E-state index is 5.91. The molecule has 1 aromatic rings. The molecule has 2 aliphatic rings. The van der Waals surface area contributed by atoms with Crippen molar-refractivity contribution in [3.8, 4) is 5.75 Å². The summed E-state index contributed by atoms with van der Waals surface area (Å²) in [4.78, 5) is 5.41. The van der Waals surface area contributed by atoms with E-state index in [1.54, 1.807) is 11.8 Å². The highest BCUT2D eigenvalue weighted by Gasteiger charge is 2.33. The third-order valence-corrected chi connectivity index (χ3v) is 5.18. The lowest BCUT2D eigenvalue weighted by Gasteiger charge is -2.16. The summed E-state index contributed by atoms with van der Waals surface area (Å²) in [6.45, 7) is 3.63. The van der Waals surface area contributed by atoms with Gasteiger partial charge in [-0.3, -0.25) is 0 Å². The molecule has 0 bridgehead atoms. The van der Waals surface area contributed by atoms with E-state index in [9.17, 15) is 0 Å². The van der Waals surface area contributed by atoms with Crippen molar-refractivity contribution in [2.45, 2.75) is 31.0 Å². The fraction of sp³-hybridized carbons (Fsp3) is 0.562. The molecule has 0 saturated carbocycles. The van der Waals surface area contributed by atoms with Crippen molar-refractivity contribution in [1.29, 1.82) is 0 Å². The van der Waals surface area contributed by atoms with Crippen molar-refractivity contribution in [1.82, 2.24) is 0 Å². The van der Waals surface area contributed by atoms with E-state index in [2.05, 4.69) is 11.2 Å². The molecule has 2 heterocycles. The van der Waals surface area contributed by atoms with Gasteiger partial charge in [-0.2, -0.15) is 0 Å². The SMILES string of the molecule is CC1(CCl)CC(SCc2ccccc2OCC2OCCO2)=NO1. The summed E-state index contributed by atoms with van der Waals surface area (Å²) >= 11 is 7.56. The smallest absolute Gasteiger partial charge is 0.191 e. The van der Waals surface area contributed by atoms with Gasteiger partial charge in [-0.25, -0.2) is 0 Å². The number of para-hydroxylation sites is 1. The van der Waals surface area contributed by atoms with Gasteiger partial charge in [0.2, 0.25) is 0 Å². The molecule has 2 aliphatic heterocycles. The predicted octanol–water partition coefficient (Wildman–Crippen LogP) is 3.40. The molecule has 1 unspecified atom stereocenters. The van der Waals surface area contributed by atoms with E-state index >= 15 is 0 Å². The molecule has 0 amide bonds. The van der Waals surface area contributed by atoms with Crippen LogP contribution in [0.15, 0.2) is 29.4 Å². The Labute approximate surface area is 145 Å². The largest absolute Gasteiger partial charge is 0.488 e. The van der Waals surface area contributed by atoms with E-state index in [0.717, 1.165) is 28.5 Å². The summed E-state index contributed by atoms with van der Waals surface area (Å²) in [5.74, 6) is 2.05. The number of halogens is 1. The van der Waals surface area contributed by atoms with Crippen LogP contribution in [-0.2, 0) is 20.1 Å². The molecule has 0 aromatic heterocycles. The monoisotopic (exact) mass is 357 g/mol. The highest BCUT2D eigenvalue weighted by atomic mass is 35.5. The van der Waals surface area contributed by atoms with E-state index in [4.69, 9.17) is 30.6 Å². The predicted molar refractivity (Wildman–Crippen MR) is 91.2 cm³/mol. The summed E-state index contributed by atoms with van der Waals surface area (Å²) in [5.41, 5.74) is 0.731. The molecular weight excluding hydrogens is 338 g/mol. The van der Waals surface area contributed by atoms with Crippen LogP contribution in [0.5, 0.6) is 5.75 Å². The molecule has 0 N–H and O–H groups in total. The van der Waals surface area contributed by atoms with Gasteiger partial charge in [-0.15, -0.1) is 23.4 Å². The minimum absolute atomic E-state index is 0.271. The molecule has 0 radical (unpaired) electrons. The van der Waals surface area contributed by atoms with Gasteiger partial charge in [0.25, 0.3) is 0 Å². The van der Waals surface area contributed by atoms with E-state index in [-0.39, 0.29) is 11.9 Å². The zero-order chi connectivity index (χ0) is 16.1. The number of benzene rings is 1. The van der Waals surface area contributed by atoms with Crippen LogP contribution in [0.4, 0.5) is 0 Å². The van der Waals surface area contributed by atoms with Crippen molar-refractivity contribution in [3.63, 3.8) is 0 Å². The molecule has 23 heavy (non-hydrogen) atoms. The first-order valence-electron chi connectivity index (χ1n) is 7.56. The highest BCUT2D eigenvalue weighted by Crippen LogP contribution is 2.32. The number of oxime groups is 1. The normalized spacial score (nSPS) is 24.5. The van der Waals surface area contributed by atoms with Crippen LogP contribution in [0.1, 0.15) is 18.9 Å². The zero-order valence-corrected chi connectivity index (χ0v) is 14.6. The first kappa shape index (κ1) is 16.9. The Hall–Kier alpha value is -0.950. The van der Waals surface area contributed by atoms with Crippen LogP contribution >= 0.6 is 23.4 Å². The van der Waals surface area contributed by atoms with Gasteiger partial charge in [-0.05, 0) is 13.0 Å². The van der Waals surface area contributed by atoms with Gasteiger partial charge in [0.05, 0.1) is 19.1 Å². The third-order valence-electron chi connectivity index (χ3n) is 3.61. The number of hydrogen-bond donors (Lipinski definition) is 0. The quantitative estimate of drug-likeness (QED) is 0.730. The minimum atomic E-state index is -0.378. The fourth-order valence-electron chi connectivity index (χ4n) is 2.28. The van der Waals surface area contributed by atoms with Gasteiger partial charge < -0.3 is 19.0 Å². The minimum Gasteiger partial charge on any atom is -0.488 e. The average molecular weight is 358 g/mol. The van der Waals surface area contributed by atoms with Crippen molar-refractivity contribution in [3.05, 3.63) is 29.8 Å². The molecule has 1 fully saturated rings. The van der Waals surface area contributed by atoms with Crippen LogP contribution in [0.25, 0.3) is 0 Å². The summed E-state index contributed by atoms with van der Waals surface area (Å²) in [5, 5.41) is 5.09. The lowest BCUT2D eigenvalue weighted by atomic mass is 10.1. The molecule has 7 heteroatoms. The Kier molecular flexibility index (Phi) is 5.69. The van der Waals surface area contributed by atoms with Crippen molar-refractivity contribution >= 4 is 28.4 Å². The molecule has 1 saturated heterocycles. The first-order chi connectivity index (χ1) is 11.2. The highest BCUT2D eigenvalue weighted by molar-refractivity contribution is 8.13. The first-order valence-corrected chi connectivity index (χ1v) is 9.08. The zero-order valence-electron chi connectivity index (χ0n) is 13.0. The molecule has 0 aliphatic carbocycles. The molecule has 1 atom stereocenters. The van der Waals surface area contributed by atoms with Crippen LogP contribution in [0.2, 0.25) is 0 Å². The Morgan fingerprint density at radius 1 is 1.35 bits per heavy atom. The number of hydrogen-bond acceptors (Lipinski definition) is 6. The number of thioether (sulfide) groups is 1. The molecule has 126 valence electrons. The molecule has 1 aromatic carbocycles. The van der Waals surface area contributed by atoms with Crippen LogP contribution in [0, 0.1) is 0 Å². The van der Waals surface area contributed by atoms with Crippen LogP contribution < -0.4 is 4.74 Å². The maximum Gasteiger partial charge on any atom is 0.191 e. The molecule has 3 rings (SSSR count). The fourth-order valence-corrected chi connectivity index (χ4v) is 3.48. The van der Waals surface area contributed by atoms with Crippen molar-refractivity contribution < 1.29 is 19.0 Å². The summed E-state index contributed by atoms with van der Waals surface area (Å²) in [6.07, 6.45) is 0.473. The van der Waals surface area contributed by atoms with E-state index in [0.29, 0.717) is 25.7 Å². The van der Waals surface area contributed by atoms with E-state index in [1.165, 1.54) is 0 Å². The van der Waals surface area contributed by atoms with E-state index < -0.39 is 0 Å². The molecular formula is C16H20ClNO4S. The van der Waals surface area contributed by atoms with Crippen LogP contribution in [-0.4, -0.2) is 42.6 Å². The molecule has 0 spiro atoms. The Morgan fingerprint density at radius 3 is 2.87 bits per heavy atom. The second kappa shape index (κ2) is 7.75. The van der Waals surface area contributed by atoms with E-state index in [1.807, 2.05) is 25.1 Å². The number of rotatable bonds is 6. The average Bonchev–Trinajstić information content (AvgIpc) is 3.22. The lowest BCUT2D eigenvalue weighted by molar-refractivity contribution is -0.0685. The van der Waals surface area contributed by atoms with Crippen molar-refractivity contribution in [2.24, 2.45) is 5.16 Å². The van der Waals surface area contributed by atoms with Crippen molar-refractivity contribution in [2.75, 3.05) is 25.7 Å².